The molecule has 1 rings (SSSR count). The number of carbonyl (C=O) groups is 2. The Labute approximate surface area is 72.3 Å². The highest BCUT2D eigenvalue weighted by Crippen LogP contribution is 2.25. The molecule has 0 heterocycles. The van der Waals surface area contributed by atoms with Gasteiger partial charge in [0.25, 0.3) is 0 Å². The van der Waals surface area contributed by atoms with Gasteiger partial charge in [0.1, 0.15) is 11.6 Å². The first-order chi connectivity index (χ1) is 5.61. The second-order valence-electron chi connectivity index (χ2n) is 3.51. The lowest BCUT2D eigenvalue weighted by molar-refractivity contribution is -0.121. The SMILES string of the molecule is CC(=O)[C@@H](N)CC1CCCC1=O. The van der Waals surface area contributed by atoms with E-state index in [0.29, 0.717) is 12.8 Å². The first kappa shape index (κ1) is 9.39. The average molecular weight is 169 g/mol. The maximum absolute atomic E-state index is 11.2. The van der Waals surface area contributed by atoms with Crippen LogP contribution < -0.4 is 5.73 Å². The standard InChI is InChI=1S/C9H15NO2/c1-6(11)8(10)5-7-3-2-4-9(7)12/h7-8H,2-5,10H2,1H3/t7?,8-/m0/s1. The monoisotopic (exact) mass is 169 g/mol. The average Bonchev–Trinajstić information content (AvgIpc) is 2.36. The van der Waals surface area contributed by atoms with Gasteiger partial charge < -0.3 is 5.73 Å². The predicted molar refractivity (Wildman–Crippen MR) is 45.6 cm³/mol. The van der Waals surface area contributed by atoms with Crippen molar-refractivity contribution in [3.05, 3.63) is 0 Å². The summed E-state index contributed by atoms with van der Waals surface area (Å²) in [7, 11) is 0. The molecule has 1 saturated carbocycles. The van der Waals surface area contributed by atoms with Crippen LogP contribution >= 0.6 is 0 Å². The zero-order chi connectivity index (χ0) is 9.14. The van der Waals surface area contributed by atoms with Crippen LogP contribution in [0.15, 0.2) is 0 Å². The second kappa shape index (κ2) is 3.81. The highest BCUT2D eigenvalue weighted by Gasteiger charge is 2.27. The van der Waals surface area contributed by atoms with Gasteiger partial charge in [-0.2, -0.15) is 0 Å². The van der Waals surface area contributed by atoms with E-state index in [-0.39, 0.29) is 17.5 Å². The summed E-state index contributed by atoms with van der Waals surface area (Å²) >= 11 is 0. The number of carbonyl (C=O) groups excluding carboxylic acids is 2. The minimum absolute atomic E-state index is 0.0188. The van der Waals surface area contributed by atoms with Crippen molar-refractivity contribution in [2.45, 2.75) is 38.6 Å². The van der Waals surface area contributed by atoms with E-state index < -0.39 is 6.04 Å². The second-order valence-corrected chi connectivity index (χ2v) is 3.51. The minimum Gasteiger partial charge on any atom is -0.321 e. The Morgan fingerprint density at radius 2 is 2.42 bits per heavy atom. The summed E-state index contributed by atoms with van der Waals surface area (Å²) in [6.45, 7) is 1.48. The van der Waals surface area contributed by atoms with E-state index >= 15 is 0 Å². The third-order valence-corrected chi connectivity index (χ3v) is 2.49. The van der Waals surface area contributed by atoms with Crippen LogP contribution in [0.1, 0.15) is 32.6 Å². The highest BCUT2D eigenvalue weighted by molar-refractivity contribution is 5.85. The zero-order valence-corrected chi connectivity index (χ0v) is 7.38. The molecule has 68 valence electrons. The fourth-order valence-electron chi connectivity index (χ4n) is 1.61. The molecule has 2 atom stereocenters. The molecule has 0 aromatic carbocycles. The molecule has 0 spiro atoms. The molecule has 0 amide bonds. The van der Waals surface area contributed by atoms with Crippen molar-refractivity contribution in [3.63, 3.8) is 0 Å². The van der Waals surface area contributed by atoms with Crippen LogP contribution in [0.2, 0.25) is 0 Å². The molecule has 0 aromatic rings. The van der Waals surface area contributed by atoms with E-state index in [1.165, 1.54) is 6.92 Å². The third kappa shape index (κ3) is 2.14. The van der Waals surface area contributed by atoms with E-state index in [1.54, 1.807) is 0 Å². The fourth-order valence-corrected chi connectivity index (χ4v) is 1.61. The quantitative estimate of drug-likeness (QED) is 0.675. The molecular formula is C9H15NO2. The summed E-state index contributed by atoms with van der Waals surface area (Å²) in [5.74, 6) is 0.324. The van der Waals surface area contributed by atoms with Gasteiger partial charge in [0.2, 0.25) is 0 Å². The number of hydrogen-bond donors (Lipinski definition) is 1. The van der Waals surface area contributed by atoms with Crippen LogP contribution in [0, 0.1) is 5.92 Å². The van der Waals surface area contributed by atoms with Crippen LogP contribution in [-0.4, -0.2) is 17.6 Å². The maximum Gasteiger partial charge on any atom is 0.146 e. The molecule has 1 aliphatic carbocycles. The Balaban J connectivity index is 2.40. The largest absolute Gasteiger partial charge is 0.321 e. The van der Waals surface area contributed by atoms with Crippen molar-refractivity contribution in [3.8, 4) is 0 Å². The van der Waals surface area contributed by atoms with Crippen LogP contribution in [0.25, 0.3) is 0 Å². The van der Waals surface area contributed by atoms with Crippen molar-refractivity contribution in [1.29, 1.82) is 0 Å². The van der Waals surface area contributed by atoms with Crippen molar-refractivity contribution >= 4 is 11.6 Å². The normalized spacial score (nSPS) is 25.8. The van der Waals surface area contributed by atoms with Gasteiger partial charge in [-0.25, -0.2) is 0 Å². The minimum atomic E-state index is -0.433. The molecule has 3 heteroatoms. The Morgan fingerprint density at radius 3 is 2.83 bits per heavy atom. The van der Waals surface area contributed by atoms with Crippen LogP contribution in [0.3, 0.4) is 0 Å². The molecule has 0 saturated heterocycles. The van der Waals surface area contributed by atoms with E-state index in [1.807, 2.05) is 0 Å². The van der Waals surface area contributed by atoms with E-state index in [0.717, 1.165) is 12.8 Å². The summed E-state index contributed by atoms with van der Waals surface area (Å²) < 4.78 is 0. The van der Waals surface area contributed by atoms with Gasteiger partial charge in [-0.05, 0) is 26.2 Å². The van der Waals surface area contributed by atoms with Gasteiger partial charge in [-0.3, -0.25) is 9.59 Å². The molecule has 2 N–H and O–H groups in total. The summed E-state index contributed by atoms with van der Waals surface area (Å²) in [5.41, 5.74) is 5.56. The van der Waals surface area contributed by atoms with Crippen molar-refractivity contribution < 1.29 is 9.59 Å². The van der Waals surface area contributed by atoms with Crippen LogP contribution in [0.5, 0.6) is 0 Å². The van der Waals surface area contributed by atoms with Crippen LogP contribution in [0.4, 0.5) is 0 Å². The molecule has 1 aliphatic rings. The Hall–Kier alpha value is -0.700. The lowest BCUT2D eigenvalue weighted by Crippen LogP contribution is -2.31. The van der Waals surface area contributed by atoms with Gasteiger partial charge in [0.15, 0.2) is 0 Å². The number of Topliss-reactive ketones (excluding diaryl/α,β-unsaturated/α-hetero) is 2. The number of ketones is 2. The molecule has 3 nitrogen and oxygen atoms in total. The highest BCUT2D eigenvalue weighted by atomic mass is 16.1. The van der Waals surface area contributed by atoms with E-state index in [2.05, 4.69) is 0 Å². The molecular weight excluding hydrogens is 154 g/mol. The number of hydrogen-bond acceptors (Lipinski definition) is 3. The van der Waals surface area contributed by atoms with Gasteiger partial charge in [0.05, 0.1) is 6.04 Å². The van der Waals surface area contributed by atoms with Crippen molar-refractivity contribution in [2.75, 3.05) is 0 Å². The summed E-state index contributed by atoms with van der Waals surface area (Å²) in [4.78, 5) is 22.0. The van der Waals surface area contributed by atoms with Gasteiger partial charge in [-0.1, -0.05) is 0 Å². The zero-order valence-electron chi connectivity index (χ0n) is 7.38. The Bertz CT molecular complexity index is 201. The molecule has 0 radical (unpaired) electrons. The molecule has 0 bridgehead atoms. The topological polar surface area (TPSA) is 60.2 Å². The maximum atomic E-state index is 11.2. The summed E-state index contributed by atoms with van der Waals surface area (Å²) in [6, 6.07) is -0.433. The lowest BCUT2D eigenvalue weighted by atomic mass is 9.96. The summed E-state index contributed by atoms with van der Waals surface area (Å²) in [6.07, 6.45) is 3.11. The first-order valence-corrected chi connectivity index (χ1v) is 4.40. The molecule has 0 aliphatic heterocycles. The third-order valence-electron chi connectivity index (χ3n) is 2.49. The van der Waals surface area contributed by atoms with Crippen LogP contribution in [-0.2, 0) is 9.59 Å². The smallest absolute Gasteiger partial charge is 0.146 e. The Morgan fingerprint density at radius 1 is 1.75 bits per heavy atom. The molecule has 1 unspecified atom stereocenters. The number of nitrogens with two attached hydrogens (primary N) is 1. The van der Waals surface area contributed by atoms with Gasteiger partial charge in [-0.15, -0.1) is 0 Å². The van der Waals surface area contributed by atoms with Gasteiger partial charge >= 0.3 is 0 Å². The Kier molecular flexibility index (Phi) is 2.98. The fraction of sp³-hybridized carbons (Fsp3) is 0.778. The predicted octanol–water partition coefficient (Wildman–Crippen LogP) is 0.662. The van der Waals surface area contributed by atoms with Gasteiger partial charge in [0, 0.05) is 12.3 Å². The lowest BCUT2D eigenvalue weighted by Gasteiger charge is -2.11. The van der Waals surface area contributed by atoms with Crippen molar-refractivity contribution in [1.82, 2.24) is 0 Å². The first-order valence-electron chi connectivity index (χ1n) is 4.40. The van der Waals surface area contributed by atoms with E-state index in [4.69, 9.17) is 5.73 Å². The number of rotatable bonds is 3. The van der Waals surface area contributed by atoms with Crippen molar-refractivity contribution in [2.24, 2.45) is 11.7 Å². The van der Waals surface area contributed by atoms with E-state index in [9.17, 15) is 9.59 Å². The molecule has 1 fully saturated rings. The summed E-state index contributed by atoms with van der Waals surface area (Å²) in [5, 5.41) is 0. The molecule has 0 aromatic heterocycles. The molecule has 12 heavy (non-hydrogen) atoms.